The Bertz CT molecular complexity index is 546. The SMILES string of the molecule is Oc1cc(F)c(Cl)cc1-c1cncc(F)c1. The van der Waals surface area contributed by atoms with Crippen molar-refractivity contribution in [2.24, 2.45) is 0 Å². The Labute approximate surface area is 95.1 Å². The van der Waals surface area contributed by atoms with Crippen LogP contribution in [0, 0.1) is 11.6 Å². The first-order valence-corrected chi connectivity index (χ1v) is 4.74. The molecule has 0 aliphatic rings. The monoisotopic (exact) mass is 241 g/mol. The first kappa shape index (κ1) is 10.8. The number of phenols is 1. The second-order valence-electron chi connectivity index (χ2n) is 3.18. The maximum Gasteiger partial charge on any atom is 0.145 e. The van der Waals surface area contributed by atoms with Crippen molar-refractivity contribution in [3.8, 4) is 16.9 Å². The molecule has 0 unspecified atom stereocenters. The van der Waals surface area contributed by atoms with Crippen molar-refractivity contribution in [1.82, 2.24) is 4.98 Å². The van der Waals surface area contributed by atoms with Crippen LogP contribution in [0.15, 0.2) is 30.6 Å². The van der Waals surface area contributed by atoms with Gasteiger partial charge in [0, 0.05) is 23.4 Å². The van der Waals surface area contributed by atoms with Gasteiger partial charge in [-0.2, -0.15) is 0 Å². The van der Waals surface area contributed by atoms with Crippen molar-refractivity contribution in [2.75, 3.05) is 0 Å². The summed E-state index contributed by atoms with van der Waals surface area (Å²) in [6.07, 6.45) is 2.39. The van der Waals surface area contributed by atoms with E-state index in [1.807, 2.05) is 0 Å². The molecule has 82 valence electrons. The molecule has 2 rings (SSSR count). The second-order valence-corrected chi connectivity index (χ2v) is 3.58. The Morgan fingerprint density at radius 3 is 2.56 bits per heavy atom. The fourth-order valence-electron chi connectivity index (χ4n) is 1.33. The highest BCUT2D eigenvalue weighted by atomic mass is 35.5. The first-order valence-electron chi connectivity index (χ1n) is 4.37. The van der Waals surface area contributed by atoms with Crippen LogP contribution in [0.1, 0.15) is 0 Å². The minimum Gasteiger partial charge on any atom is -0.507 e. The number of phenolic OH excluding ortho intramolecular Hbond substituents is 1. The van der Waals surface area contributed by atoms with Gasteiger partial charge in [-0.15, -0.1) is 0 Å². The summed E-state index contributed by atoms with van der Waals surface area (Å²) in [5.74, 6) is -1.58. The Balaban J connectivity index is 2.60. The van der Waals surface area contributed by atoms with Crippen molar-refractivity contribution < 1.29 is 13.9 Å². The molecule has 1 N–H and O–H groups in total. The van der Waals surface area contributed by atoms with Crippen LogP contribution in [-0.4, -0.2) is 10.1 Å². The lowest BCUT2D eigenvalue weighted by Gasteiger charge is -2.05. The van der Waals surface area contributed by atoms with Gasteiger partial charge in [-0.25, -0.2) is 8.78 Å². The van der Waals surface area contributed by atoms with E-state index in [-0.39, 0.29) is 16.3 Å². The van der Waals surface area contributed by atoms with Crippen molar-refractivity contribution in [1.29, 1.82) is 0 Å². The molecule has 2 aromatic rings. The summed E-state index contributed by atoms with van der Waals surface area (Å²) < 4.78 is 25.9. The lowest BCUT2D eigenvalue weighted by Crippen LogP contribution is -1.86. The number of hydrogen-bond acceptors (Lipinski definition) is 2. The van der Waals surface area contributed by atoms with Crippen LogP contribution >= 0.6 is 11.6 Å². The molecule has 0 saturated carbocycles. The van der Waals surface area contributed by atoms with Crippen LogP contribution in [0.4, 0.5) is 8.78 Å². The minimum absolute atomic E-state index is 0.142. The van der Waals surface area contributed by atoms with Crippen LogP contribution in [0.25, 0.3) is 11.1 Å². The van der Waals surface area contributed by atoms with Gasteiger partial charge in [0.1, 0.15) is 17.4 Å². The number of benzene rings is 1. The van der Waals surface area contributed by atoms with E-state index in [9.17, 15) is 13.9 Å². The number of hydrogen-bond donors (Lipinski definition) is 1. The van der Waals surface area contributed by atoms with E-state index < -0.39 is 11.6 Å². The highest BCUT2D eigenvalue weighted by molar-refractivity contribution is 6.31. The van der Waals surface area contributed by atoms with Crippen molar-refractivity contribution in [2.45, 2.75) is 0 Å². The molecule has 0 fully saturated rings. The van der Waals surface area contributed by atoms with E-state index in [1.54, 1.807) is 0 Å². The van der Waals surface area contributed by atoms with E-state index in [2.05, 4.69) is 4.98 Å². The maximum atomic E-state index is 13.0. The molecule has 2 nitrogen and oxygen atoms in total. The van der Waals surface area contributed by atoms with Crippen molar-refractivity contribution >= 4 is 11.6 Å². The number of pyridine rings is 1. The zero-order valence-corrected chi connectivity index (χ0v) is 8.67. The third kappa shape index (κ3) is 1.97. The molecule has 1 heterocycles. The van der Waals surface area contributed by atoms with E-state index >= 15 is 0 Å². The van der Waals surface area contributed by atoms with Gasteiger partial charge in [-0.1, -0.05) is 11.6 Å². The van der Waals surface area contributed by atoms with Crippen LogP contribution in [0.2, 0.25) is 5.02 Å². The summed E-state index contributed by atoms with van der Waals surface area (Å²) in [5.41, 5.74) is 0.567. The Morgan fingerprint density at radius 1 is 1.12 bits per heavy atom. The molecular formula is C11H6ClF2NO. The molecule has 0 amide bonds. The smallest absolute Gasteiger partial charge is 0.145 e. The largest absolute Gasteiger partial charge is 0.507 e. The second kappa shape index (κ2) is 4.06. The lowest BCUT2D eigenvalue weighted by atomic mass is 10.1. The van der Waals surface area contributed by atoms with Gasteiger partial charge < -0.3 is 5.11 Å². The number of halogens is 3. The summed E-state index contributed by atoms with van der Waals surface area (Å²) in [6, 6.07) is 3.28. The summed E-state index contributed by atoms with van der Waals surface area (Å²) in [4.78, 5) is 3.63. The van der Waals surface area contributed by atoms with E-state index in [0.717, 1.165) is 12.3 Å². The van der Waals surface area contributed by atoms with E-state index in [1.165, 1.54) is 18.3 Å². The molecule has 16 heavy (non-hydrogen) atoms. The summed E-state index contributed by atoms with van der Waals surface area (Å²) >= 11 is 5.58. The van der Waals surface area contributed by atoms with Crippen LogP contribution in [-0.2, 0) is 0 Å². The molecule has 5 heteroatoms. The predicted octanol–water partition coefficient (Wildman–Crippen LogP) is 3.39. The molecule has 0 spiro atoms. The van der Waals surface area contributed by atoms with Crippen LogP contribution < -0.4 is 0 Å². The summed E-state index contributed by atoms with van der Waals surface area (Å²) in [6.45, 7) is 0. The minimum atomic E-state index is -0.729. The Kier molecular flexibility index (Phi) is 2.75. The number of rotatable bonds is 1. The highest BCUT2D eigenvalue weighted by Gasteiger charge is 2.10. The zero-order chi connectivity index (χ0) is 11.7. The van der Waals surface area contributed by atoms with E-state index in [0.29, 0.717) is 5.56 Å². The van der Waals surface area contributed by atoms with Crippen molar-refractivity contribution in [3.05, 3.63) is 47.2 Å². The normalized spacial score (nSPS) is 10.4. The van der Waals surface area contributed by atoms with Crippen LogP contribution in [0.3, 0.4) is 0 Å². The van der Waals surface area contributed by atoms with Gasteiger partial charge in [-0.3, -0.25) is 4.98 Å². The van der Waals surface area contributed by atoms with E-state index in [4.69, 9.17) is 11.6 Å². The highest BCUT2D eigenvalue weighted by Crippen LogP contribution is 2.33. The summed E-state index contributed by atoms with van der Waals surface area (Å²) in [7, 11) is 0. The third-order valence-corrected chi connectivity index (χ3v) is 2.34. The molecule has 0 saturated heterocycles. The predicted molar refractivity (Wildman–Crippen MR) is 56.3 cm³/mol. The van der Waals surface area contributed by atoms with Gasteiger partial charge >= 0.3 is 0 Å². The maximum absolute atomic E-state index is 13.0. The first-order chi connectivity index (χ1) is 7.58. The third-order valence-electron chi connectivity index (χ3n) is 2.05. The molecular weight excluding hydrogens is 236 g/mol. The molecule has 0 radical (unpaired) electrons. The number of aromatic hydroxyl groups is 1. The number of aromatic nitrogens is 1. The van der Waals surface area contributed by atoms with Gasteiger partial charge in [0.2, 0.25) is 0 Å². The average molecular weight is 242 g/mol. The standard InChI is InChI=1S/C11H6ClF2NO/c12-9-2-8(11(16)3-10(9)14)6-1-7(13)5-15-4-6/h1-5,16H. The Hall–Kier alpha value is -1.68. The average Bonchev–Trinajstić information content (AvgIpc) is 2.23. The molecule has 0 bridgehead atoms. The van der Waals surface area contributed by atoms with Gasteiger partial charge in [0.25, 0.3) is 0 Å². The molecule has 1 aromatic heterocycles. The molecule has 1 aromatic carbocycles. The fourth-order valence-corrected chi connectivity index (χ4v) is 1.49. The molecule has 0 aliphatic heterocycles. The van der Waals surface area contributed by atoms with Gasteiger partial charge in [0.15, 0.2) is 0 Å². The van der Waals surface area contributed by atoms with Gasteiger partial charge in [0.05, 0.1) is 11.2 Å². The van der Waals surface area contributed by atoms with Crippen molar-refractivity contribution in [3.63, 3.8) is 0 Å². The van der Waals surface area contributed by atoms with Gasteiger partial charge in [-0.05, 0) is 12.1 Å². The summed E-state index contributed by atoms with van der Waals surface area (Å²) in [5, 5.41) is 9.37. The zero-order valence-electron chi connectivity index (χ0n) is 7.92. The van der Waals surface area contributed by atoms with Crippen LogP contribution in [0.5, 0.6) is 5.75 Å². The topological polar surface area (TPSA) is 33.1 Å². The lowest BCUT2D eigenvalue weighted by molar-refractivity contribution is 0.471. The quantitative estimate of drug-likeness (QED) is 0.830. The number of nitrogens with zero attached hydrogens (tertiary/aromatic N) is 1. The Morgan fingerprint density at radius 2 is 1.88 bits per heavy atom. The molecule has 0 aliphatic carbocycles. The molecule has 0 atom stereocenters. The fraction of sp³-hybridized carbons (Fsp3) is 0.